The van der Waals surface area contributed by atoms with Crippen molar-refractivity contribution in [2.45, 2.75) is 36.8 Å². The zero-order valence-electron chi connectivity index (χ0n) is 10.7. The van der Waals surface area contributed by atoms with Gasteiger partial charge in [-0.1, -0.05) is 13.0 Å². The summed E-state index contributed by atoms with van der Waals surface area (Å²) in [5.41, 5.74) is -0.363. The molecule has 1 aromatic heterocycles. The third kappa shape index (κ3) is 3.24. The van der Waals surface area contributed by atoms with Crippen molar-refractivity contribution >= 4 is 11.8 Å². The van der Waals surface area contributed by atoms with Gasteiger partial charge in [-0.05, 0) is 43.9 Å². The zero-order chi connectivity index (χ0) is 12.8. The van der Waals surface area contributed by atoms with Crippen molar-refractivity contribution in [3.05, 3.63) is 24.4 Å². The molecule has 0 spiro atoms. The van der Waals surface area contributed by atoms with Crippen LogP contribution in [-0.2, 0) is 0 Å². The van der Waals surface area contributed by atoms with E-state index in [0.29, 0.717) is 5.92 Å². The molecule has 1 heterocycles. The summed E-state index contributed by atoms with van der Waals surface area (Å²) in [6, 6.07) is 8.42. The van der Waals surface area contributed by atoms with E-state index in [9.17, 15) is 5.26 Å². The summed E-state index contributed by atoms with van der Waals surface area (Å²) in [6.07, 6.45) is 5.21. The molecular formula is C14H19N3S. The van der Waals surface area contributed by atoms with Crippen molar-refractivity contribution < 1.29 is 0 Å². The van der Waals surface area contributed by atoms with Crippen LogP contribution in [0.25, 0.3) is 0 Å². The molecule has 0 radical (unpaired) electrons. The molecule has 2 rings (SSSR count). The number of pyridine rings is 1. The third-order valence-electron chi connectivity index (χ3n) is 3.25. The molecule has 96 valence electrons. The van der Waals surface area contributed by atoms with Gasteiger partial charge in [0, 0.05) is 11.9 Å². The normalized spacial score (nSPS) is 18.0. The fourth-order valence-corrected chi connectivity index (χ4v) is 3.11. The molecule has 0 aliphatic heterocycles. The van der Waals surface area contributed by atoms with Crippen molar-refractivity contribution in [1.29, 1.82) is 5.26 Å². The Morgan fingerprint density at radius 2 is 2.39 bits per heavy atom. The maximum absolute atomic E-state index is 9.55. The monoisotopic (exact) mass is 261 g/mol. The predicted molar refractivity (Wildman–Crippen MR) is 74.3 cm³/mol. The molecule has 1 aliphatic carbocycles. The fourth-order valence-electron chi connectivity index (χ4n) is 2.02. The number of nitrogens with one attached hydrogen (secondary N) is 1. The van der Waals surface area contributed by atoms with Crippen LogP contribution in [0.2, 0.25) is 0 Å². The molecule has 0 bridgehead atoms. The van der Waals surface area contributed by atoms with E-state index in [1.54, 1.807) is 18.0 Å². The van der Waals surface area contributed by atoms with Crippen molar-refractivity contribution in [3.63, 3.8) is 0 Å². The Morgan fingerprint density at radius 3 is 2.94 bits per heavy atom. The van der Waals surface area contributed by atoms with Crippen LogP contribution in [0.3, 0.4) is 0 Å². The molecule has 1 atom stereocenters. The number of thioether (sulfide) groups is 1. The van der Waals surface area contributed by atoms with Crippen molar-refractivity contribution in [2.75, 3.05) is 12.3 Å². The molecule has 0 aromatic carbocycles. The van der Waals surface area contributed by atoms with Gasteiger partial charge in [-0.15, -0.1) is 11.8 Å². The molecule has 1 aromatic rings. The molecule has 1 fully saturated rings. The molecule has 1 saturated carbocycles. The van der Waals surface area contributed by atoms with Crippen LogP contribution in [0.5, 0.6) is 0 Å². The zero-order valence-corrected chi connectivity index (χ0v) is 11.5. The summed E-state index contributed by atoms with van der Waals surface area (Å²) >= 11 is 1.67. The van der Waals surface area contributed by atoms with Crippen molar-refractivity contribution in [2.24, 2.45) is 5.92 Å². The quantitative estimate of drug-likeness (QED) is 0.767. The van der Waals surface area contributed by atoms with E-state index < -0.39 is 0 Å². The maximum atomic E-state index is 9.55. The summed E-state index contributed by atoms with van der Waals surface area (Å²) in [5.74, 6) is 1.30. The third-order valence-corrected chi connectivity index (χ3v) is 4.39. The van der Waals surface area contributed by atoms with E-state index in [2.05, 4.69) is 23.3 Å². The number of nitriles is 1. The Morgan fingerprint density at radius 1 is 1.56 bits per heavy atom. The van der Waals surface area contributed by atoms with Crippen LogP contribution in [0.15, 0.2) is 29.4 Å². The Hall–Kier alpha value is -1.05. The first-order chi connectivity index (χ1) is 8.80. The topological polar surface area (TPSA) is 48.7 Å². The van der Waals surface area contributed by atoms with Gasteiger partial charge in [-0.3, -0.25) is 5.32 Å². The van der Waals surface area contributed by atoms with Crippen LogP contribution in [0.1, 0.15) is 26.2 Å². The van der Waals surface area contributed by atoms with E-state index in [1.165, 1.54) is 12.8 Å². The van der Waals surface area contributed by atoms with E-state index in [1.807, 2.05) is 18.2 Å². The molecule has 1 N–H and O–H groups in total. The molecule has 3 nitrogen and oxygen atoms in total. The minimum Gasteiger partial charge on any atom is -0.298 e. The number of nitrogens with zero attached hydrogens (tertiary/aromatic N) is 2. The van der Waals surface area contributed by atoms with E-state index in [4.69, 9.17) is 0 Å². The average molecular weight is 261 g/mol. The smallest absolute Gasteiger partial charge is 0.119 e. The summed E-state index contributed by atoms with van der Waals surface area (Å²) in [4.78, 5) is 4.30. The highest BCUT2D eigenvalue weighted by atomic mass is 32.2. The van der Waals surface area contributed by atoms with Gasteiger partial charge < -0.3 is 0 Å². The fraction of sp³-hybridized carbons (Fsp3) is 0.571. The van der Waals surface area contributed by atoms with Crippen LogP contribution < -0.4 is 5.32 Å². The van der Waals surface area contributed by atoms with Gasteiger partial charge >= 0.3 is 0 Å². The lowest BCUT2D eigenvalue weighted by atomic mass is 9.97. The highest BCUT2D eigenvalue weighted by Crippen LogP contribution is 2.41. The van der Waals surface area contributed by atoms with Crippen LogP contribution in [0, 0.1) is 17.2 Å². The van der Waals surface area contributed by atoms with Gasteiger partial charge in [0.25, 0.3) is 0 Å². The minimum absolute atomic E-state index is 0.363. The molecule has 18 heavy (non-hydrogen) atoms. The summed E-state index contributed by atoms with van der Waals surface area (Å²) in [7, 11) is 0. The molecule has 0 amide bonds. The van der Waals surface area contributed by atoms with Gasteiger partial charge in [0.1, 0.15) is 5.54 Å². The van der Waals surface area contributed by atoms with E-state index in [0.717, 1.165) is 23.7 Å². The van der Waals surface area contributed by atoms with Crippen LogP contribution in [-0.4, -0.2) is 22.8 Å². The first kappa shape index (κ1) is 13.4. The molecule has 1 aliphatic rings. The molecule has 4 heteroatoms. The minimum atomic E-state index is -0.363. The Labute approximate surface area is 113 Å². The second-order valence-corrected chi connectivity index (χ2v) is 5.74. The lowest BCUT2D eigenvalue weighted by molar-refractivity contribution is 0.405. The number of rotatable bonds is 7. The summed E-state index contributed by atoms with van der Waals surface area (Å²) in [5, 5.41) is 14.0. The lowest BCUT2D eigenvalue weighted by Crippen LogP contribution is -2.48. The Kier molecular flexibility index (Phi) is 4.62. The standard InChI is InChI=1S/C14H19N3S/c1-2-8-17-14(10-15,12-6-7-12)11-18-13-5-3-4-9-16-13/h3-5,9,12,17H,2,6-8,11H2,1H3. The maximum Gasteiger partial charge on any atom is 0.119 e. The van der Waals surface area contributed by atoms with Crippen molar-refractivity contribution in [1.82, 2.24) is 10.3 Å². The first-order valence-electron chi connectivity index (χ1n) is 6.51. The lowest BCUT2D eigenvalue weighted by Gasteiger charge is -2.27. The van der Waals surface area contributed by atoms with Crippen LogP contribution >= 0.6 is 11.8 Å². The second-order valence-electron chi connectivity index (χ2n) is 4.74. The molecule has 1 unspecified atom stereocenters. The highest BCUT2D eigenvalue weighted by molar-refractivity contribution is 7.99. The van der Waals surface area contributed by atoms with Gasteiger partial charge in [0.05, 0.1) is 11.1 Å². The van der Waals surface area contributed by atoms with Crippen LogP contribution in [0.4, 0.5) is 0 Å². The Bertz CT molecular complexity index is 411. The summed E-state index contributed by atoms with van der Waals surface area (Å²) in [6.45, 7) is 3.04. The summed E-state index contributed by atoms with van der Waals surface area (Å²) < 4.78 is 0. The van der Waals surface area contributed by atoms with Gasteiger partial charge in [-0.2, -0.15) is 5.26 Å². The number of hydrogen-bond donors (Lipinski definition) is 1. The number of aromatic nitrogens is 1. The Balaban J connectivity index is 1.99. The second kappa shape index (κ2) is 6.21. The average Bonchev–Trinajstić information content (AvgIpc) is 3.26. The molecule has 0 saturated heterocycles. The first-order valence-corrected chi connectivity index (χ1v) is 7.49. The number of hydrogen-bond acceptors (Lipinski definition) is 4. The van der Waals surface area contributed by atoms with Gasteiger partial charge in [-0.25, -0.2) is 4.98 Å². The van der Waals surface area contributed by atoms with Gasteiger partial charge in [0.2, 0.25) is 0 Å². The van der Waals surface area contributed by atoms with E-state index in [-0.39, 0.29) is 5.54 Å². The highest BCUT2D eigenvalue weighted by Gasteiger charge is 2.45. The predicted octanol–water partition coefficient (Wildman–Crippen LogP) is 2.85. The van der Waals surface area contributed by atoms with E-state index >= 15 is 0 Å². The van der Waals surface area contributed by atoms with Gasteiger partial charge in [0.15, 0.2) is 0 Å². The molecular weight excluding hydrogens is 242 g/mol. The van der Waals surface area contributed by atoms with Crippen molar-refractivity contribution in [3.8, 4) is 6.07 Å². The SMILES string of the molecule is CCCNC(C#N)(CSc1ccccn1)C1CC1. The largest absolute Gasteiger partial charge is 0.298 e.